The predicted octanol–water partition coefficient (Wildman–Crippen LogP) is 4.41. The Balaban J connectivity index is 1.36. The summed E-state index contributed by atoms with van der Waals surface area (Å²) in [4.78, 5) is 36.0. The van der Waals surface area contributed by atoms with Crippen molar-refractivity contribution in [2.24, 2.45) is 5.92 Å². The lowest BCUT2D eigenvalue weighted by molar-refractivity contribution is -0.126. The molecular formula is C23H24ClN5O2S. The van der Waals surface area contributed by atoms with Gasteiger partial charge in [0.1, 0.15) is 5.69 Å². The summed E-state index contributed by atoms with van der Waals surface area (Å²) in [6, 6.07) is 11.2. The predicted molar refractivity (Wildman–Crippen MR) is 126 cm³/mol. The van der Waals surface area contributed by atoms with Gasteiger partial charge in [0.25, 0.3) is 5.91 Å². The molecule has 9 heteroatoms. The van der Waals surface area contributed by atoms with E-state index in [1.54, 1.807) is 16.5 Å². The van der Waals surface area contributed by atoms with Crippen LogP contribution in [0.15, 0.2) is 48.0 Å². The number of likely N-dealkylation sites (tertiary alicyclic amines) is 1. The Morgan fingerprint density at radius 2 is 2.16 bits per heavy atom. The van der Waals surface area contributed by atoms with Crippen molar-refractivity contribution in [2.45, 2.75) is 26.3 Å². The first-order chi connectivity index (χ1) is 15.5. The Bertz CT molecular complexity index is 1100. The zero-order valence-corrected chi connectivity index (χ0v) is 19.2. The molecule has 2 N–H and O–H groups in total. The maximum Gasteiger partial charge on any atom is 0.273 e. The number of aromatic nitrogens is 2. The average Bonchev–Trinajstić information content (AvgIpc) is 3.28. The van der Waals surface area contributed by atoms with E-state index in [0.29, 0.717) is 35.5 Å². The molecule has 166 valence electrons. The van der Waals surface area contributed by atoms with E-state index in [9.17, 15) is 9.59 Å². The fraction of sp³-hybridized carbons (Fsp3) is 0.304. The topological polar surface area (TPSA) is 87.2 Å². The number of benzene rings is 1. The molecule has 0 aliphatic carbocycles. The molecule has 0 saturated carbocycles. The van der Waals surface area contributed by atoms with Crippen LogP contribution >= 0.6 is 22.9 Å². The van der Waals surface area contributed by atoms with Crippen LogP contribution in [-0.4, -0.2) is 39.8 Å². The molecule has 1 fully saturated rings. The number of nitrogens with zero attached hydrogens (tertiary/aromatic N) is 3. The highest BCUT2D eigenvalue weighted by molar-refractivity contribution is 7.14. The third kappa shape index (κ3) is 5.44. The molecule has 2 aromatic heterocycles. The molecule has 3 heterocycles. The lowest BCUT2D eigenvalue weighted by Crippen LogP contribution is -2.45. The van der Waals surface area contributed by atoms with Gasteiger partial charge in [-0.25, -0.2) is 4.98 Å². The van der Waals surface area contributed by atoms with E-state index in [-0.39, 0.29) is 17.7 Å². The summed E-state index contributed by atoms with van der Waals surface area (Å²) in [5.41, 5.74) is 3.08. The van der Waals surface area contributed by atoms with Gasteiger partial charge in [0.2, 0.25) is 5.91 Å². The number of thiazole rings is 1. The Morgan fingerprint density at radius 1 is 1.28 bits per heavy atom. The third-order valence-corrected chi connectivity index (χ3v) is 6.41. The van der Waals surface area contributed by atoms with E-state index < -0.39 is 0 Å². The van der Waals surface area contributed by atoms with E-state index in [1.165, 1.54) is 11.3 Å². The minimum atomic E-state index is -0.234. The molecule has 2 amide bonds. The van der Waals surface area contributed by atoms with Gasteiger partial charge in [0.15, 0.2) is 5.13 Å². The summed E-state index contributed by atoms with van der Waals surface area (Å²) in [6.45, 7) is 3.37. The van der Waals surface area contributed by atoms with Gasteiger partial charge in [-0.1, -0.05) is 23.7 Å². The molecule has 1 aromatic carbocycles. The van der Waals surface area contributed by atoms with Crippen LogP contribution in [0.5, 0.6) is 0 Å². The highest BCUT2D eigenvalue weighted by Gasteiger charge is 2.29. The number of hydrogen-bond donors (Lipinski definition) is 2. The number of halogens is 1. The van der Waals surface area contributed by atoms with Gasteiger partial charge in [-0.2, -0.15) is 0 Å². The number of aryl methyl sites for hydroxylation is 1. The lowest BCUT2D eigenvalue weighted by Gasteiger charge is -2.31. The Hall–Kier alpha value is -2.97. The van der Waals surface area contributed by atoms with Crippen LogP contribution in [0.3, 0.4) is 0 Å². The van der Waals surface area contributed by atoms with Gasteiger partial charge in [0, 0.05) is 35.4 Å². The number of rotatable bonds is 6. The number of piperidine rings is 1. The van der Waals surface area contributed by atoms with Gasteiger partial charge >= 0.3 is 0 Å². The molecular weight excluding hydrogens is 446 g/mol. The number of carbonyl (C=O) groups is 2. The van der Waals surface area contributed by atoms with Crippen molar-refractivity contribution in [3.05, 3.63) is 69.9 Å². The second-order valence-electron chi connectivity index (χ2n) is 7.75. The Morgan fingerprint density at radius 3 is 2.97 bits per heavy atom. The van der Waals surface area contributed by atoms with E-state index in [2.05, 4.69) is 20.6 Å². The van der Waals surface area contributed by atoms with E-state index in [1.807, 2.05) is 43.3 Å². The van der Waals surface area contributed by atoms with Crippen LogP contribution in [0.1, 0.15) is 34.6 Å². The maximum absolute atomic E-state index is 13.0. The molecule has 0 bridgehead atoms. The lowest BCUT2D eigenvalue weighted by atomic mass is 9.97. The molecule has 1 atom stereocenters. The van der Waals surface area contributed by atoms with Crippen LogP contribution in [0.2, 0.25) is 5.02 Å². The van der Waals surface area contributed by atoms with Gasteiger partial charge in [0.05, 0.1) is 18.2 Å². The van der Waals surface area contributed by atoms with Crippen LogP contribution in [-0.2, 0) is 11.3 Å². The first-order valence-corrected chi connectivity index (χ1v) is 11.7. The number of nitrogens with one attached hydrogen (secondary N) is 2. The molecule has 1 saturated heterocycles. The number of hydrogen-bond acceptors (Lipinski definition) is 6. The minimum Gasteiger partial charge on any atom is -0.350 e. The Kier molecular flexibility index (Phi) is 7.02. The summed E-state index contributed by atoms with van der Waals surface area (Å²) >= 11 is 7.45. The summed E-state index contributed by atoms with van der Waals surface area (Å²) in [5, 5.41) is 9.17. The maximum atomic E-state index is 13.0. The fourth-order valence-corrected chi connectivity index (χ4v) is 4.50. The summed E-state index contributed by atoms with van der Waals surface area (Å²) in [5.74, 6) is -0.439. The van der Waals surface area contributed by atoms with E-state index in [0.717, 1.165) is 29.8 Å². The first kappa shape index (κ1) is 22.2. The molecule has 7 nitrogen and oxygen atoms in total. The van der Waals surface area contributed by atoms with Crippen molar-refractivity contribution in [3.63, 3.8) is 0 Å². The standard InChI is InChI=1S/C23H24ClN5O2S/c1-15-7-8-17(24)11-19(15)27-23-28-20(14-32-23)22(31)29-10-4-5-16(13-29)21(30)26-12-18-6-2-3-9-25-18/h2-3,6-9,11,14,16H,4-5,10,12-13H2,1H3,(H,26,30)(H,27,28)/t16-/m0/s1. The van der Waals surface area contributed by atoms with Crippen LogP contribution in [0.25, 0.3) is 0 Å². The van der Waals surface area contributed by atoms with Crippen molar-refractivity contribution in [3.8, 4) is 0 Å². The van der Waals surface area contributed by atoms with Crippen molar-refractivity contribution < 1.29 is 9.59 Å². The highest BCUT2D eigenvalue weighted by atomic mass is 35.5. The molecule has 3 aromatic rings. The summed E-state index contributed by atoms with van der Waals surface area (Å²) < 4.78 is 0. The van der Waals surface area contributed by atoms with E-state index in [4.69, 9.17) is 11.6 Å². The molecule has 1 aliphatic rings. The number of carbonyl (C=O) groups excluding carboxylic acids is 2. The number of pyridine rings is 1. The average molecular weight is 470 g/mol. The zero-order valence-electron chi connectivity index (χ0n) is 17.7. The molecule has 0 unspecified atom stereocenters. The van der Waals surface area contributed by atoms with Crippen molar-refractivity contribution >= 4 is 45.6 Å². The molecule has 32 heavy (non-hydrogen) atoms. The quantitative estimate of drug-likeness (QED) is 0.558. The zero-order chi connectivity index (χ0) is 22.5. The van der Waals surface area contributed by atoms with Crippen LogP contribution in [0.4, 0.5) is 10.8 Å². The van der Waals surface area contributed by atoms with Crippen LogP contribution in [0, 0.1) is 12.8 Å². The van der Waals surface area contributed by atoms with Crippen molar-refractivity contribution in [1.29, 1.82) is 0 Å². The number of anilines is 2. The van der Waals surface area contributed by atoms with Gasteiger partial charge < -0.3 is 15.5 Å². The van der Waals surface area contributed by atoms with Crippen molar-refractivity contribution in [2.75, 3.05) is 18.4 Å². The normalized spacial score (nSPS) is 15.9. The Labute approximate surface area is 195 Å². The van der Waals surface area contributed by atoms with Crippen LogP contribution < -0.4 is 10.6 Å². The monoisotopic (exact) mass is 469 g/mol. The fourth-order valence-electron chi connectivity index (χ4n) is 3.64. The number of amides is 2. The van der Waals surface area contributed by atoms with E-state index >= 15 is 0 Å². The summed E-state index contributed by atoms with van der Waals surface area (Å²) in [7, 11) is 0. The second-order valence-corrected chi connectivity index (χ2v) is 9.05. The largest absolute Gasteiger partial charge is 0.350 e. The van der Waals surface area contributed by atoms with Gasteiger partial charge in [-0.05, 0) is 49.6 Å². The second kappa shape index (κ2) is 10.1. The SMILES string of the molecule is Cc1ccc(Cl)cc1Nc1nc(C(=O)N2CCC[C@H](C(=O)NCc3ccccn3)C2)cs1. The first-order valence-electron chi connectivity index (χ1n) is 10.4. The van der Waals surface area contributed by atoms with Gasteiger partial charge in [-0.3, -0.25) is 14.6 Å². The van der Waals surface area contributed by atoms with Crippen molar-refractivity contribution in [1.82, 2.24) is 20.2 Å². The smallest absolute Gasteiger partial charge is 0.273 e. The molecule has 0 spiro atoms. The summed E-state index contributed by atoms with van der Waals surface area (Å²) in [6.07, 6.45) is 3.24. The molecule has 4 rings (SSSR count). The third-order valence-electron chi connectivity index (χ3n) is 5.41. The highest BCUT2D eigenvalue weighted by Crippen LogP contribution is 2.27. The van der Waals surface area contributed by atoms with Gasteiger partial charge in [-0.15, -0.1) is 11.3 Å². The molecule has 0 radical (unpaired) electrons. The molecule has 1 aliphatic heterocycles. The minimum absolute atomic E-state index is 0.0507.